The molecule has 1 aromatic carbocycles. The van der Waals surface area contributed by atoms with E-state index in [1.807, 2.05) is 19.1 Å². The monoisotopic (exact) mass is 365 g/mol. The largest absolute Gasteiger partial charge is 0.497 e. The summed E-state index contributed by atoms with van der Waals surface area (Å²) in [5, 5.41) is 9.43. The number of hydrogen-bond donors (Lipinski definition) is 1. The van der Waals surface area contributed by atoms with Crippen molar-refractivity contribution in [1.82, 2.24) is 4.90 Å². The Balaban J connectivity index is 2.23. The fraction of sp³-hybridized carbons (Fsp3) is 0.353. The van der Waals surface area contributed by atoms with E-state index in [0.29, 0.717) is 15.6 Å². The van der Waals surface area contributed by atoms with Crippen LogP contribution in [0.3, 0.4) is 0 Å². The molecule has 1 N–H and O–H groups in total. The van der Waals surface area contributed by atoms with Crippen LogP contribution in [-0.2, 0) is 9.59 Å². The molecule has 1 aromatic rings. The van der Waals surface area contributed by atoms with Crippen LogP contribution in [0, 0.1) is 0 Å². The van der Waals surface area contributed by atoms with E-state index in [0.717, 1.165) is 35.9 Å². The maximum atomic E-state index is 12.6. The number of aliphatic carboxylic acids is 1. The molecule has 2 rings (SSSR count). The molecule has 0 saturated carbocycles. The van der Waals surface area contributed by atoms with Gasteiger partial charge in [-0.3, -0.25) is 9.69 Å². The van der Waals surface area contributed by atoms with E-state index in [2.05, 4.69) is 0 Å². The lowest BCUT2D eigenvalue weighted by atomic mass is 10.1. The third-order valence-electron chi connectivity index (χ3n) is 3.66. The molecule has 24 heavy (non-hydrogen) atoms. The quantitative estimate of drug-likeness (QED) is 0.589. The lowest BCUT2D eigenvalue weighted by molar-refractivity contribution is -0.145. The number of methoxy groups -OCH3 is 1. The van der Waals surface area contributed by atoms with Crippen molar-refractivity contribution in [3.05, 3.63) is 34.7 Å². The lowest BCUT2D eigenvalue weighted by Gasteiger charge is -2.22. The second-order valence-electron chi connectivity index (χ2n) is 5.32. The third kappa shape index (κ3) is 4.15. The van der Waals surface area contributed by atoms with Gasteiger partial charge in [-0.1, -0.05) is 55.9 Å². The predicted molar refractivity (Wildman–Crippen MR) is 99.0 cm³/mol. The number of carboxylic acids is 1. The van der Waals surface area contributed by atoms with Gasteiger partial charge in [-0.25, -0.2) is 4.79 Å². The molecule has 1 aliphatic heterocycles. The van der Waals surface area contributed by atoms with Crippen molar-refractivity contribution in [3.8, 4) is 5.75 Å². The second-order valence-corrected chi connectivity index (χ2v) is 7.00. The number of ether oxygens (including phenoxy) is 1. The summed E-state index contributed by atoms with van der Waals surface area (Å²) in [4.78, 5) is 25.8. The van der Waals surface area contributed by atoms with E-state index in [-0.39, 0.29) is 5.91 Å². The van der Waals surface area contributed by atoms with Crippen LogP contribution in [0.1, 0.15) is 31.7 Å². The Bertz CT molecular complexity index is 670. The number of nitrogens with zero attached hydrogens (tertiary/aromatic N) is 1. The van der Waals surface area contributed by atoms with Gasteiger partial charge in [0.05, 0.1) is 12.0 Å². The number of unbranched alkanes of at least 4 members (excludes halogenated alkanes) is 1. The van der Waals surface area contributed by atoms with Crippen LogP contribution >= 0.6 is 24.0 Å². The second kappa shape index (κ2) is 8.30. The van der Waals surface area contributed by atoms with Gasteiger partial charge in [0.2, 0.25) is 0 Å². The van der Waals surface area contributed by atoms with E-state index in [1.165, 1.54) is 4.90 Å². The van der Waals surface area contributed by atoms with Crippen molar-refractivity contribution in [2.45, 2.75) is 32.2 Å². The normalized spacial score (nSPS) is 17.4. The first-order valence-electron chi connectivity index (χ1n) is 7.61. The van der Waals surface area contributed by atoms with Crippen molar-refractivity contribution in [2.75, 3.05) is 7.11 Å². The van der Waals surface area contributed by atoms with Gasteiger partial charge < -0.3 is 9.84 Å². The fourth-order valence-corrected chi connectivity index (χ4v) is 3.72. The molecule has 1 atom stereocenters. The Labute approximate surface area is 150 Å². The summed E-state index contributed by atoms with van der Waals surface area (Å²) in [6.45, 7) is 1.98. The smallest absolute Gasteiger partial charge is 0.326 e. The Morgan fingerprint density at radius 3 is 2.62 bits per heavy atom. The summed E-state index contributed by atoms with van der Waals surface area (Å²) >= 11 is 6.38. The zero-order valence-electron chi connectivity index (χ0n) is 13.5. The molecule has 5 nitrogen and oxygen atoms in total. The number of amides is 1. The van der Waals surface area contributed by atoms with Crippen molar-refractivity contribution >= 4 is 46.3 Å². The maximum absolute atomic E-state index is 12.6. The van der Waals surface area contributed by atoms with Gasteiger partial charge in [0.25, 0.3) is 5.91 Å². The average molecular weight is 365 g/mol. The molecule has 7 heteroatoms. The maximum Gasteiger partial charge on any atom is 0.326 e. The van der Waals surface area contributed by atoms with E-state index in [4.69, 9.17) is 17.0 Å². The first-order chi connectivity index (χ1) is 11.5. The molecule has 0 radical (unpaired) electrons. The zero-order chi connectivity index (χ0) is 17.7. The SMILES string of the molecule is CCCCC(C(=O)O)N1C(=O)C(=Cc2ccc(OC)cc2)SC1=S. The summed E-state index contributed by atoms with van der Waals surface area (Å²) in [6.07, 6.45) is 3.71. The minimum Gasteiger partial charge on any atom is -0.497 e. The van der Waals surface area contributed by atoms with E-state index >= 15 is 0 Å². The van der Waals surface area contributed by atoms with Gasteiger partial charge in [-0.2, -0.15) is 0 Å². The zero-order valence-corrected chi connectivity index (χ0v) is 15.2. The minimum absolute atomic E-state index is 0.295. The van der Waals surface area contributed by atoms with E-state index < -0.39 is 12.0 Å². The number of carbonyl (C=O) groups excluding carboxylic acids is 1. The topological polar surface area (TPSA) is 66.8 Å². The summed E-state index contributed by atoms with van der Waals surface area (Å²) < 4.78 is 5.40. The van der Waals surface area contributed by atoms with Crippen molar-refractivity contribution in [1.29, 1.82) is 0 Å². The Morgan fingerprint density at radius 1 is 1.42 bits per heavy atom. The van der Waals surface area contributed by atoms with Crippen LogP contribution in [0.5, 0.6) is 5.75 Å². The molecule has 0 aromatic heterocycles. The predicted octanol–water partition coefficient (Wildman–Crippen LogP) is 3.54. The molecule has 0 bridgehead atoms. The molecule has 1 unspecified atom stereocenters. The lowest BCUT2D eigenvalue weighted by Crippen LogP contribution is -2.43. The molecule has 128 valence electrons. The van der Waals surface area contributed by atoms with Crippen molar-refractivity contribution in [2.24, 2.45) is 0 Å². The molecule has 0 spiro atoms. The standard InChI is InChI=1S/C17H19NO4S2/c1-3-4-5-13(16(20)21)18-15(19)14(24-17(18)23)10-11-6-8-12(22-2)9-7-11/h6-10,13H,3-5H2,1-2H3,(H,20,21). The molecular weight excluding hydrogens is 346 g/mol. The Kier molecular flexibility index (Phi) is 6.39. The Morgan fingerprint density at radius 2 is 2.08 bits per heavy atom. The van der Waals surface area contributed by atoms with Crippen LogP contribution in [0.4, 0.5) is 0 Å². The number of benzene rings is 1. The minimum atomic E-state index is -1.02. The highest BCUT2D eigenvalue weighted by atomic mass is 32.2. The van der Waals surface area contributed by atoms with Crippen LogP contribution in [0.2, 0.25) is 0 Å². The van der Waals surface area contributed by atoms with E-state index in [1.54, 1.807) is 25.3 Å². The van der Waals surface area contributed by atoms with Gasteiger partial charge in [-0.15, -0.1) is 0 Å². The van der Waals surface area contributed by atoms with Gasteiger partial charge in [0.15, 0.2) is 0 Å². The van der Waals surface area contributed by atoms with Gasteiger partial charge in [0, 0.05) is 0 Å². The third-order valence-corrected chi connectivity index (χ3v) is 5.00. The molecular formula is C17H19NO4S2. The number of thioether (sulfide) groups is 1. The Hall–Kier alpha value is -1.86. The van der Waals surface area contributed by atoms with Crippen molar-refractivity contribution in [3.63, 3.8) is 0 Å². The number of rotatable bonds is 7. The number of thiocarbonyl (C=S) groups is 1. The molecule has 0 aliphatic carbocycles. The average Bonchev–Trinajstić information content (AvgIpc) is 2.83. The van der Waals surface area contributed by atoms with Crippen LogP contribution in [-0.4, -0.2) is 39.4 Å². The summed E-state index contributed by atoms with van der Waals surface area (Å²) in [6, 6.07) is 6.36. The van der Waals surface area contributed by atoms with Gasteiger partial charge in [-0.05, 0) is 30.2 Å². The van der Waals surface area contributed by atoms with Crippen LogP contribution in [0.15, 0.2) is 29.2 Å². The highest BCUT2D eigenvalue weighted by molar-refractivity contribution is 8.26. The summed E-state index contributed by atoms with van der Waals surface area (Å²) in [5.74, 6) is -0.639. The van der Waals surface area contributed by atoms with Gasteiger partial charge in [0.1, 0.15) is 16.1 Å². The summed E-state index contributed by atoms with van der Waals surface area (Å²) in [7, 11) is 1.59. The van der Waals surface area contributed by atoms with Gasteiger partial charge >= 0.3 is 5.97 Å². The highest BCUT2D eigenvalue weighted by Crippen LogP contribution is 2.35. The fourth-order valence-electron chi connectivity index (χ4n) is 2.36. The highest BCUT2D eigenvalue weighted by Gasteiger charge is 2.40. The van der Waals surface area contributed by atoms with Crippen LogP contribution in [0.25, 0.3) is 6.08 Å². The molecule has 1 aliphatic rings. The number of hydrogen-bond acceptors (Lipinski definition) is 5. The number of carboxylic acid groups (broad SMARTS) is 1. The number of carbonyl (C=O) groups is 2. The van der Waals surface area contributed by atoms with Crippen molar-refractivity contribution < 1.29 is 19.4 Å². The van der Waals surface area contributed by atoms with Crippen LogP contribution < -0.4 is 4.74 Å². The molecule has 1 heterocycles. The molecule has 1 saturated heterocycles. The molecule has 1 amide bonds. The first-order valence-corrected chi connectivity index (χ1v) is 8.84. The molecule has 1 fully saturated rings. The first kappa shape index (κ1) is 18.5. The van der Waals surface area contributed by atoms with E-state index in [9.17, 15) is 14.7 Å². The summed E-state index contributed by atoms with van der Waals surface area (Å²) in [5.41, 5.74) is 0.830.